The highest BCUT2D eigenvalue weighted by molar-refractivity contribution is 7.89. The molecule has 0 spiro atoms. The quantitative estimate of drug-likeness (QED) is 0.677. The Hall–Kier alpha value is -2.42. The first-order valence-electron chi connectivity index (χ1n) is 9.65. The predicted octanol–water partition coefficient (Wildman–Crippen LogP) is 3.70. The van der Waals surface area contributed by atoms with Crippen molar-refractivity contribution in [2.75, 3.05) is 18.4 Å². The van der Waals surface area contributed by atoms with E-state index in [2.05, 4.69) is 5.32 Å². The molecule has 1 saturated heterocycles. The Labute approximate surface area is 181 Å². The van der Waals surface area contributed by atoms with Crippen LogP contribution in [0.1, 0.15) is 36.5 Å². The normalized spacial score (nSPS) is 15.9. The third-order valence-electron chi connectivity index (χ3n) is 4.80. The van der Waals surface area contributed by atoms with Crippen LogP contribution in [-0.4, -0.2) is 43.8 Å². The van der Waals surface area contributed by atoms with Crippen LogP contribution in [0.2, 0.25) is 5.02 Å². The molecular formula is C21H23ClN2O5S. The maximum absolute atomic E-state index is 12.9. The van der Waals surface area contributed by atoms with E-state index in [4.69, 9.17) is 16.3 Å². The molecule has 2 aromatic carbocycles. The van der Waals surface area contributed by atoms with Crippen molar-refractivity contribution in [3.05, 3.63) is 59.1 Å². The molecule has 1 atom stereocenters. The van der Waals surface area contributed by atoms with Crippen molar-refractivity contribution in [3.63, 3.8) is 0 Å². The van der Waals surface area contributed by atoms with Crippen LogP contribution in [0.25, 0.3) is 0 Å². The van der Waals surface area contributed by atoms with Crippen LogP contribution in [0.5, 0.6) is 0 Å². The molecule has 0 saturated carbocycles. The monoisotopic (exact) mass is 450 g/mol. The van der Waals surface area contributed by atoms with Crippen LogP contribution < -0.4 is 5.32 Å². The molecule has 0 aromatic heterocycles. The molecular weight excluding hydrogens is 428 g/mol. The number of piperidine rings is 1. The highest BCUT2D eigenvalue weighted by Gasteiger charge is 2.28. The average Bonchev–Trinajstić information content (AvgIpc) is 2.75. The molecule has 160 valence electrons. The maximum atomic E-state index is 12.9. The molecule has 1 aliphatic rings. The van der Waals surface area contributed by atoms with E-state index in [1.165, 1.54) is 29.4 Å². The van der Waals surface area contributed by atoms with Gasteiger partial charge in [0.2, 0.25) is 10.0 Å². The van der Waals surface area contributed by atoms with Gasteiger partial charge in [-0.1, -0.05) is 36.2 Å². The lowest BCUT2D eigenvalue weighted by atomic mass is 10.2. The topological polar surface area (TPSA) is 92.8 Å². The Kier molecular flexibility index (Phi) is 7.12. The van der Waals surface area contributed by atoms with Crippen molar-refractivity contribution < 1.29 is 22.7 Å². The molecule has 1 aliphatic heterocycles. The minimum Gasteiger partial charge on any atom is -0.449 e. The number of anilines is 1. The molecule has 0 radical (unpaired) electrons. The fourth-order valence-electron chi connectivity index (χ4n) is 3.12. The molecule has 7 nitrogen and oxygen atoms in total. The minimum atomic E-state index is -3.73. The summed E-state index contributed by atoms with van der Waals surface area (Å²) in [6.45, 7) is 2.32. The van der Waals surface area contributed by atoms with Gasteiger partial charge in [0.25, 0.3) is 5.91 Å². The molecule has 9 heteroatoms. The summed E-state index contributed by atoms with van der Waals surface area (Å²) in [5.41, 5.74) is 0.465. The zero-order valence-electron chi connectivity index (χ0n) is 16.5. The average molecular weight is 451 g/mol. The van der Waals surface area contributed by atoms with Gasteiger partial charge in [-0.2, -0.15) is 4.31 Å². The second-order valence-electron chi connectivity index (χ2n) is 7.01. The van der Waals surface area contributed by atoms with Crippen molar-refractivity contribution in [1.82, 2.24) is 4.31 Å². The van der Waals surface area contributed by atoms with E-state index < -0.39 is 28.0 Å². The lowest BCUT2D eigenvalue weighted by Gasteiger charge is -2.26. The van der Waals surface area contributed by atoms with Crippen molar-refractivity contribution in [2.45, 2.75) is 37.2 Å². The molecule has 1 amide bonds. The Bertz CT molecular complexity index is 1020. The van der Waals surface area contributed by atoms with Gasteiger partial charge in [0.05, 0.1) is 15.5 Å². The summed E-state index contributed by atoms with van der Waals surface area (Å²) < 4.78 is 32.4. The smallest absolute Gasteiger partial charge is 0.340 e. The van der Waals surface area contributed by atoms with Crippen LogP contribution in [-0.2, 0) is 19.6 Å². The number of halogens is 1. The van der Waals surface area contributed by atoms with Gasteiger partial charge in [-0.3, -0.25) is 4.79 Å². The highest BCUT2D eigenvalue weighted by Crippen LogP contribution is 2.26. The molecule has 1 fully saturated rings. The standard InChI is InChI=1S/C21H23ClN2O5S/c1-15(20(25)23-16-8-4-2-5-9-16)29-21(26)18-14-17(10-11-19(18)22)30(27,28)24-12-6-3-7-13-24/h2,4-5,8-11,14-15H,3,6-7,12-13H2,1H3,(H,23,25). The zero-order chi connectivity index (χ0) is 21.7. The van der Waals surface area contributed by atoms with Crippen molar-refractivity contribution >= 4 is 39.2 Å². The number of nitrogens with zero attached hydrogens (tertiary/aromatic N) is 1. The molecule has 0 aliphatic carbocycles. The number of esters is 1. The van der Waals surface area contributed by atoms with E-state index in [9.17, 15) is 18.0 Å². The van der Waals surface area contributed by atoms with Gasteiger partial charge in [0, 0.05) is 18.8 Å². The fraction of sp³-hybridized carbons (Fsp3) is 0.333. The molecule has 30 heavy (non-hydrogen) atoms. The van der Waals surface area contributed by atoms with Gasteiger partial charge in [-0.05, 0) is 50.1 Å². The number of benzene rings is 2. The number of nitrogens with one attached hydrogen (secondary N) is 1. The summed E-state index contributed by atoms with van der Waals surface area (Å²) in [4.78, 5) is 24.8. The molecule has 3 rings (SSSR count). The van der Waals surface area contributed by atoms with E-state index in [0.29, 0.717) is 18.8 Å². The first-order chi connectivity index (χ1) is 14.3. The number of carbonyl (C=O) groups excluding carboxylic acids is 2. The number of carbonyl (C=O) groups is 2. The molecule has 1 heterocycles. The Morgan fingerprint density at radius 2 is 1.73 bits per heavy atom. The van der Waals surface area contributed by atoms with E-state index in [1.54, 1.807) is 24.3 Å². The Balaban J connectivity index is 1.74. The lowest BCUT2D eigenvalue weighted by molar-refractivity contribution is -0.123. The van der Waals surface area contributed by atoms with Gasteiger partial charge in [0.15, 0.2) is 6.10 Å². The summed E-state index contributed by atoms with van der Waals surface area (Å²) in [6, 6.07) is 12.7. The zero-order valence-corrected chi connectivity index (χ0v) is 18.1. The number of rotatable bonds is 6. The summed E-state index contributed by atoms with van der Waals surface area (Å²) in [5, 5.41) is 2.69. The largest absolute Gasteiger partial charge is 0.449 e. The molecule has 1 unspecified atom stereocenters. The van der Waals surface area contributed by atoms with Gasteiger partial charge in [-0.15, -0.1) is 0 Å². The van der Waals surface area contributed by atoms with Gasteiger partial charge < -0.3 is 10.1 Å². The minimum absolute atomic E-state index is 0.0258. The third-order valence-corrected chi connectivity index (χ3v) is 7.03. The summed E-state index contributed by atoms with van der Waals surface area (Å²) >= 11 is 6.11. The second kappa shape index (κ2) is 9.59. The summed E-state index contributed by atoms with van der Waals surface area (Å²) in [5.74, 6) is -1.38. The van der Waals surface area contributed by atoms with E-state index in [-0.39, 0.29) is 15.5 Å². The van der Waals surface area contributed by atoms with Crippen molar-refractivity contribution in [2.24, 2.45) is 0 Å². The van der Waals surface area contributed by atoms with E-state index in [0.717, 1.165) is 19.3 Å². The first kappa shape index (κ1) is 22.3. The number of sulfonamides is 1. The highest BCUT2D eigenvalue weighted by atomic mass is 35.5. The van der Waals surface area contributed by atoms with Gasteiger partial charge in [0.1, 0.15) is 0 Å². The van der Waals surface area contributed by atoms with Crippen LogP contribution in [0.3, 0.4) is 0 Å². The van der Waals surface area contributed by atoms with Crippen LogP contribution in [0, 0.1) is 0 Å². The molecule has 2 aromatic rings. The third kappa shape index (κ3) is 5.19. The molecule has 0 bridgehead atoms. The van der Waals surface area contributed by atoms with Gasteiger partial charge in [-0.25, -0.2) is 13.2 Å². The number of hydrogen-bond acceptors (Lipinski definition) is 5. The van der Waals surface area contributed by atoms with Crippen LogP contribution in [0.15, 0.2) is 53.4 Å². The number of amides is 1. The van der Waals surface area contributed by atoms with Crippen LogP contribution >= 0.6 is 11.6 Å². The van der Waals surface area contributed by atoms with E-state index in [1.807, 2.05) is 6.07 Å². The molecule has 1 N–H and O–H groups in total. The summed E-state index contributed by atoms with van der Waals surface area (Å²) in [6.07, 6.45) is 1.50. The van der Waals surface area contributed by atoms with E-state index >= 15 is 0 Å². The number of para-hydroxylation sites is 1. The number of ether oxygens (including phenoxy) is 1. The lowest BCUT2D eigenvalue weighted by Crippen LogP contribution is -2.35. The first-order valence-corrected chi connectivity index (χ1v) is 11.5. The summed E-state index contributed by atoms with van der Waals surface area (Å²) in [7, 11) is -3.73. The Morgan fingerprint density at radius 3 is 2.40 bits per heavy atom. The second-order valence-corrected chi connectivity index (χ2v) is 9.35. The SMILES string of the molecule is CC(OC(=O)c1cc(S(=O)(=O)N2CCCCC2)ccc1Cl)C(=O)Nc1ccccc1. The van der Waals surface area contributed by atoms with Crippen molar-refractivity contribution in [3.8, 4) is 0 Å². The number of hydrogen-bond donors (Lipinski definition) is 1. The fourth-order valence-corrected chi connectivity index (χ4v) is 4.86. The maximum Gasteiger partial charge on any atom is 0.340 e. The Morgan fingerprint density at radius 1 is 1.07 bits per heavy atom. The van der Waals surface area contributed by atoms with Crippen LogP contribution in [0.4, 0.5) is 5.69 Å². The van der Waals surface area contributed by atoms with Gasteiger partial charge >= 0.3 is 5.97 Å². The predicted molar refractivity (Wildman–Crippen MR) is 114 cm³/mol. The van der Waals surface area contributed by atoms with Crippen molar-refractivity contribution in [1.29, 1.82) is 0 Å².